The van der Waals surface area contributed by atoms with Crippen LogP contribution in [0.3, 0.4) is 0 Å². The Balaban J connectivity index is 1.44. The molecule has 0 N–H and O–H groups in total. The van der Waals surface area contributed by atoms with E-state index in [0.29, 0.717) is 38.4 Å². The van der Waals surface area contributed by atoms with Crippen LogP contribution in [0.25, 0.3) is 21.3 Å². The van der Waals surface area contributed by atoms with Crippen LogP contribution in [0.4, 0.5) is 0 Å². The second-order valence-corrected chi connectivity index (χ2v) is 8.94. The molecular formula is C21H22N4O2S2. The van der Waals surface area contributed by atoms with Crippen LogP contribution in [-0.4, -0.2) is 64.0 Å². The van der Waals surface area contributed by atoms with Gasteiger partial charge in [-0.05, 0) is 12.5 Å². The number of aromatic nitrogens is 2. The maximum atomic E-state index is 12.5. The number of hydrogen-bond acceptors (Lipinski definition) is 6. The molecule has 150 valence electrons. The van der Waals surface area contributed by atoms with Gasteiger partial charge in [0.25, 0.3) is 0 Å². The van der Waals surface area contributed by atoms with E-state index >= 15 is 0 Å². The number of fused-ring (bicyclic) bond motifs is 1. The molecule has 0 aliphatic carbocycles. The molecule has 0 atom stereocenters. The quantitative estimate of drug-likeness (QED) is 0.343. The first-order valence-electron chi connectivity index (χ1n) is 9.55. The van der Waals surface area contributed by atoms with Crippen LogP contribution in [0.1, 0.15) is 12.0 Å². The largest absolute Gasteiger partial charge is 0.342 e. The van der Waals surface area contributed by atoms with E-state index in [1.165, 1.54) is 5.56 Å². The molecule has 3 aromatic rings. The van der Waals surface area contributed by atoms with E-state index in [9.17, 15) is 9.59 Å². The Kier molecular flexibility index (Phi) is 6.10. The van der Waals surface area contributed by atoms with Crippen molar-refractivity contribution in [1.82, 2.24) is 19.8 Å². The number of nitrogens with zero attached hydrogens (tertiary/aromatic N) is 4. The van der Waals surface area contributed by atoms with Gasteiger partial charge >= 0.3 is 0 Å². The molecule has 1 aliphatic rings. The Labute approximate surface area is 177 Å². The van der Waals surface area contributed by atoms with Gasteiger partial charge in [-0.25, -0.2) is 9.97 Å². The highest BCUT2D eigenvalue weighted by Crippen LogP contribution is 2.38. The average Bonchev–Trinajstić information content (AvgIpc) is 3.19. The number of rotatable bonds is 6. The highest BCUT2D eigenvalue weighted by molar-refractivity contribution is 7.99. The SMILES string of the molecule is Cc1ccc(-c2csc3ncnc(SCCC(=O)N4CCN(C=O)CC4)c23)cc1. The van der Waals surface area contributed by atoms with Gasteiger partial charge < -0.3 is 9.80 Å². The summed E-state index contributed by atoms with van der Waals surface area (Å²) in [6, 6.07) is 8.47. The van der Waals surface area contributed by atoms with Crippen molar-refractivity contribution < 1.29 is 9.59 Å². The van der Waals surface area contributed by atoms with Gasteiger partial charge in [0.2, 0.25) is 12.3 Å². The zero-order chi connectivity index (χ0) is 20.2. The zero-order valence-electron chi connectivity index (χ0n) is 16.2. The number of carbonyl (C=O) groups is 2. The molecule has 0 radical (unpaired) electrons. The summed E-state index contributed by atoms with van der Waals surface area (Å²) in [6.45, 7) is 4.54. The topological polar surface area (TPSA) is 66.4 Å². The second-order valence-electron chi connectivity index (χ2n) is 7.00. The summed E-state index contributed by atoms with van der Waals surface area (Å²) >= 11 is 3.22. The van der Waals surface area contributed by atoms with Gasteiger partial charge in [0.15, 0.2) is 0 Å². The lowest BCUT2D eigenvalue weighted by Gasteiger charge is -2.32. The van der Waals surface area contributed by atoms with E-state index in [1.807, 2.05) is 4.90 Å². The fourth-order valence-corrected chi connectivity index (χ4v) is 5.30. The third kappa shape index (κ3) is 4.43. The molecule has 0 saturated carbocycles. The molecule has 1 fully saturated rings. The van der Waals surface area contributed by atoms with Crippen molar-refractivity contribution in [2.24, 2.45) is 0 Å². The first-order chi connectivity index (χ1) is 14.2. The molecule has 0 unspecified atom stereocenters. The lowest BCUT2D eigenvalue weighted by molar-refractivity contribution is -0.134. The van der Waals surface area contributed by atoms with Crippen LogP contribution in [0.2, 0.25) is 0 Å². The summed E-state index contributed by atoms with van der Waals surface area (Å²) in [6.07, 6.45) is 2.91. The fraction of sp³-hybridized carbons (Fsp3) is 0.333. The van der Waals surface area contributed by atoms with Crippen LogP contribution in [0.15, 0.2) is 41.0 Å². The lowest BCUT2D eigenvalue weighted by atomic mass is 10.1. The molecule has 2 amide bonds. The van der Waals surface area contributed by atoms with E-state index in [4.69, 9.17) is 0 Å². The van der Waals surface area contributed by atoms with Gasteiger partial charge in [0.05, 0.1) is 5.39 Å². The van der Waals surface area contributed by atoms with Crippen LogP contribution in [0.5, 0.6) is 0 Å². The predicted octanol–water partition coefficient (Wildman–Crippen LogP) is 3.45. The molecule has 4 rings (SSSR count). The monoisotopic (exact) mass is 426 g/mol. The first-order valence-corrected chi connectivity index (χ1v) is 11.4. The Bertz CT molecular complexity index is 1010. The minimum absolute atomic E-state index is 0.137. The summed E-state index contributed by atoms with van der Waals surface area (Å²) in [5, 5.41) is 4.12. The molecule has 1 saturated heterocycles. The number of thioether (sulfide) groups is 1. The number of carbonyl (C=O) groups excluding carboxylic acids is 2. The van der Waals surface area contributed by atoms with Gasteiger partial charge in [-0.2, -0.15) is 0 Å². The standard InChI is InChI=1S/C21H22N4O2S2/c1-15-2-4-16(5-3-15)17-12-29-21-19(17)20(22-13-23-21)28-11-6-18(27)25-9-7-24(14-26)8-10-25/h2-5,12-14H,6-11H2,1H3. The maximum absolute atomic E-state index is 12.5. The van der Waals surface area contributed by atoms with Gasteiger partial charge in [0.1, 0.15) is 16.2 Å². The Morgan fingerprint density at radius 1 is 1.17 bits per heavy atom. The predicted molar refractivity (Wildman–Crippen MR) is 117 cm³/mol. The van der Waals surface area contributed by atoms with Crippen molar-refractivity contribution in [3.8, 4) is 11.1 Å². The van der Waals surface area contributed by atoms with E-state index in [2.05, 4.69) is 46.5 Å². The summed E-state index contributed by atoms with van der Waals surface area (Å²) in [5.41, 5.74) is 3.53. The Morgan fingerprint density at radius 2 is 1.93 bits per heavy atom. The first kappa shape index (κ1) is 19.8. The number of piperazine rings is 1. The number of thiophene rings is 1. The van der Waals surface area contributed by atoms with Crippen molar-refractivity contribution in [1.29, 1.82) is 0 Å². The molecule has 8 heteroatoms. The molecule has 29 heavy (non-hydrogen) atoms. The third-order valence-corrected chi connectivity index (χ3v) is 6.95. The third-order valence-electron chi connectivity index (χ3n) is 5.07. The molecule has 1 aliphatic heterocycles. The van der Waals surface area contributed by atoms with Gasteiger partial charge in [0, 0.05) is 49.3 Å². The second kappa shape index (κ2) is 8.92. The van der Waals surface area contributed by atoms with E-state index in [-0.39, 0.29) is 5.91 Å². The Morgan fingerprint density at radius 3 is 2.66 bits per heavy atom. The zero-order valence-corrected chi connectivity index (χ0v) is 17.8. The van der Waals surface area contributed by atoms with Crippen molar-refractivity contribution in [2.75, 3.05) is 31.9 Å². The number of benzene rings is 1. The average molecular weight is 427 g/mol. The van der Waals surface area contributed by atoms with Gasteiger partial charge in [-0.15, -0.1) is 23.1 Å². The van der Waals surface area contributed by atoms with Crippen molar-refractivity contribution >= 4 is 45.6 Å². The number of aryl methyl sites for hydroxylation is 1. The molecule has 6 nitrogen and oxygen atoms in total. The van der Waals surface area contributed by atoms with Crippen LogP contribution < -0.4 is 0 Å². The van der Waals surface area contributed by atoms with Crippen molar-refractivity contribution in [3.05, 3.63) is 41.5 Å². The lowest BCUT2D eigenvalue weighted by Crippen LogP contribution is -2.48. The maximum Gasteiger partial charge on any atom is 0.223 e. The summed E-state index contributed by atoms with van der Waals surface area (Å²) in [5.74, 6) is 0.805. The molecule has 3 heterocycles. The van der Waals surface area contributed by atoms with Crippen molar-refractivity contribution in [2.45, 2.75) is 18.4 Å². The van der Waals surface area contributed by atoms with E-state index < -0.39 is 0 Å². The van der Waals surface area contributed by atoms with Gasteiger partial charge in [-0.1, -0.05) is 29.8 Å². The minimum atomic E-state index is 0.137. The molecule has 0 spiro atoms. The number of amides is 2. The summed E-state index contributed by atoms with van der Waals surface area (Å²) < 4.78 is 0. The van der Waals surface area contributed by atoms with Crippen LogP contribution >= 0.6 is 23.1 Å². The summed E-state index contributed by atoms with van der Waals surface area (Å²) in [7, 11) is 0. The smallest absolute Gasteiger partial charge is 0.223 e. The normalized spacial score (nSPS) is 14.4. The van der Waals surface area contributed by atoms with Crippen LogP contribution in [-0.2, 0) is 9.59 Å². The Hall–Kier alpha value is -2.45. The minimum Gasteiger partial charge on any atom is -0.342 e. The van der Waals surface area contributed by atoms with Gasteiger partial charge in [-0.3, -0.25) is 9.59 Å². The van der Waals surface area contributed by atoms with Crippen LogP contribution in [0, 0.1) is 6.92 Å². The number of hydrogen-bond donors (Lipinski definition) is 0. The fourth-order valence-electron chi connectivity index (χ4n) is 3.37. The molecular weight excluding hydrogens is 404 g/mol. The highest BCUT2D eigenvalue weighted by Gasteiger charge is 2.20. The highest BCUT2D eigenvalue weighted by atomic mass is 32.2. The van der Waals surface area contributed by atoms with Crippen molar-refractivity contribution in [3.63, 3.8) is 0 Å². The molecule has 2 aromatic heterocycles. The van der Waals surface area contributed by atoms with E-state index in [0.717, 1.165) is 32.8 Å². The van der Waals surface area contributed by atoms with E-state index in [1.54, 1.807) is 34.3 Å². The molecule has 1 aromatic carbocycles. The molecule has 0 bridgehead atoms. The summed E-state index contributed by atoms with van der Waals surface area (Å²) in [4.78, 5) is 36.7.